The SMILES string of the molecule is COCC1(CNC(=O)c2nnn(-c3ccc(F)c(Cl)c3)c2C)CCNCC1.Cl. The number of amides is 1. The summed E-state index contributed by atoms with van der Waals surface area (Å²) < 4.78 is 20.2. The van der Waals surface area contributed by atoms with Gasteiger partial charge in [-0.1, -0.05) is 16.8 Å². The highest BCUT2D eigenvalue weighted by atomic mass is 35.5. The van der Waals surface area contributed by atoms with Crippen LogP contribution in [0.3, 0.4) is 0 Å². The van der Waals surface area contributed by atoms with Crippen molar-refractivity contribution in [1.29, 1.82) is 0 Å². The molecular formula is C18H24Cl2FN5O2. The molecular weight excluding hydrogens is 408 g/mol. The molecule has 154 valence electrons. The van der Waals surface area contributed by atoms with Gasteiger partial charge in [0.1, 0.15) is 5.82 Å². The van der Waals surface area contributed by atoms with Gasteiger partial charge in [-0.15, -0.1) is 17.5 Å². The summed E-state index contributed by atoms with van der Waals surface area (Å²) in [5, 5.41) is 14.3. The predicted octanol–water partition coefficient (Wildman–Crippen LogP) is 2.54. The molecule has 2 heterocycles. The van der Waals surface area contributed by atoms with E-state index in [-0.39, 0.29) is 34.4 Å². The first-order chi connectivity index (χ1) is 13.0. The molecule has 1 aliphatic rings. The first kappa shape index (κ1) is 22.5. The van der Waals surface area contributed by atoms with E-state index in [1.165, 1.54) is 22.9 Å². The Morgan fingerprint density at radius 2 is 2.14 bits per heavy atom. The normalized spacial score (nSPS) is 15.7. The number of carbonyl (C=O) groups is 1. The fraction of sp³-hybridized carbons (Fsp3) is 0.500. The van der Waals surface area contributed by atoms with Crippen LogP contribution in [0.25, 0.3) is 5.69 Å². The van der Waals surface area contributed by atoms with E-state index in [1.54, 1.807) is 14.0 Å². The molecule has 10 heteroatoms. The van der Waals surface area contributed by atoms with Crippen molar-refractivity contribution in [3.8, 4) is 5.69 Å². The summed E-state index contributed by atoms with van der Waals surface area (Å²) in [5.41, 5.74) is 1.25. The zero-order valence-corrected chi connectivity index (χ0v) is 17.4. The van der Waals surface area contributed by atoms with Gasteiger partial charge in [0.15, 0.2) is 5.69 Å². The fourth-order valence-corrected chi connectivity index (χ4v) is 3.56. The third-order valence-corrected chi connectivity index (χ3v) is 5.29. The molecule has 2 N–H and O–H groups in total. The highest BCUT2D eigenvalue weighted by molar-refractivity contribution is 6.30. The molecule has 1 aromatic heterocycles. The van der Waals surface area contributed by atoms with E-state index < -0.39 is 5.82 Å². The van der Waals surface area contributed by atoms with Crippen molar-refractivity contribution in [2.24, 2.45) is 5.41 Å². The van der Waals surface area contributed by atoms with Gasteiger partial charge in [0, 0.05) is 19.1 Å². The lowest BCUT2D eigenvalue weighted by Gasteiger charge is -2.37. The van der Waals surface area contributed by atoms with E-state index in [4.69, 9.17) is 16.3 Å². The minimum absolute atomic E-state index is 0. The molecule has 0 saturated carbocycles. The number of nitrogens with zero attached hydrogens (tertiary/aromatic N) is 3. The lowest BCUT2D eigenvalue weighted by Crippen LogP contribution is -2.47. The van der Waals surface area contributed by atoms with Gasteiger partial charge < -0.3 is 15.4 Å². The highest BCUT2D eigenvalue weighted by Crippen LogP contribution is 2.28. The minimum atomic E-state index is -0.512. The number of halogens is 3. The lowest BCUT2D eigenvalue weighted by molar-refractivity contribution is 0.0510. The second kappa shape index (κ2) is 9.65. The molecule has 2 aromatic rings. The molecule has 7 nitrogen and oxygen atoms in total. The third-order valence-electron chi connectivity index (χ3n) is 5.00. The minimum Gasteiger partial charge on any atom is -0.384 e. The van der Waals surface area contributed by atoms with Gasteiger partial charge in [-0.05, 0) is 51.1 Å². The van der Waals surface area contributed by atoms with Gasteiger partial charge in [-0.25, -0.2) is 9.07 Å². The zero-order valence-electron chi connectivity index (χ0n) is 15.8. The molecule has 0 radical (unpaired) electrons. The van der Waals surface area contributed by atoms with Crippen LogP contribution >= 0.6 is 24.0 Å². The summed E-state index contributed by atoms with van der Waals surface area (Å²) in [5.74, 6) is -0.803. The number of hydrogen-bond donors (Lipinski definition) is 2. The number of benzene rings is 1. The van der Waals surface area contributed by atoms with Crippen molar-refractivity contribution >= 4 is 29.9 Å². The van der Waals surface area contributed by atoms with Gasteiger partial charge in [0.25, 0.3) is 5.91 Å². The molecule has 1 fully saturated rings. The Labute approximate surface area is 174 Å². The number of aromatic nitrogens is 3. The topological polar surface area (TPSA) is 81.1 Å². The van der Waals surface area contributed by atoms with Crippen LogP contribution in [0.15, 0.2) is 18.2 Å². The van der Waals surface area contributed by atoms with Crippen molar-refractivity contribution < 1.29 is 13.9 Å². The quantitative estimate of drug-likeness (QED) is 0.734. The van der Waals surface area contributed by atoms with Gasteiger partial charge in [-0.3, -0.25) is 4.79 Å². The van der Waals surface area contributed by atoms with Crippen molar-refractivity contribution in [2.45, 2.75) is 19.8 Å². The van der Waals surface area contributed by atoms with Crippen molar-refractivity contribution in [3.05, 3.63) is 40.4 Å². The molecule has 0 atom stereocenters. The van der Waals surface area contributed by atoms with Crippen LogP contribution in [0.2, 0.25) is 5.02 Å². The Bertz CT molecular complexity index is 819. The maximum atomic E-state index is 13.4. The fourth-order valence-electron chi connectivity index (χ4n) is 3.39. The van der Waals surface area contributed by atoms with E-state index in [0.29, 0.717) is 24.5 Å². The zero-order chi connectivity index (χ0) is 19.4. The number of methoxy groups -OCH3 is 1. The van der Waals surface area contributed by atoms with Crippen molar-refractivity contribution in [1.82, 2.24) is 25.6 Å². The van der Waals surface area contributed by atoms with E-state index in [2.05, 4.69) is 20.9 Å². The maximum Gasteiger partial charge on any atom is 0.273 e. The summed E-state index contributed by atoms with van der Waals surface area (Å²) in [7, 11) is 1.68. The van der Waals surface area contributed by atoms with E-state index >= 15 is 0 Å². The van der Waals surface area contributed by atoms with Crippen LogP contribution in [-0.4, -0.2) is 54.3 Å². The summed E-state index contributed by atoms with van der Waals surface area (Å²) in [4.78, 5) is 12.7. The summed E-state index contributed by atoms with van der Waals surface area (Å²) in [6.07, 6.45) is 1.86. The lowest BCUT2D eigenvalue weighted by atomic mass is 9.79. The van der Waals surface area contributed by atoms with Crippen LogP contribution in [0.1, 0.15) is 29.0 Å². The molecule has 28 heavy (non-hydrogen) atoms. The summed E-state index contributed by atoms with van der Waals surface area (Å²) in [6, 6.07) is 4.24. The molecule has 0 unspecified atom stereocenters. The largest absolute Gasteiger partial charge is 0.384 e. The Balaban J connectivity index is 0.00000280. The number of rotatable bonds is 6. The molecule has 0 bridgehead atoms. The molecule has 0 spiro atoms. The first-order valence-electron chi connectivity index (χ1n) is 8.81. The third kappa shape index (κ3) is 4.81. The second-order valence-electron chi connectivity index (χ2n) is 6.90. The van der Waals surface area contributed by atoms with Gasteiger partial charge in [-0.2, -0.15) is 0 Å². The Morgan fingerprint density at radius 1 is 1.43 bits per heavy atom. The van der Waals surface area contributed by atoms with Crippen molar-refractivity contribution in [2.75, 3.05) is 33.4 Å². The van der Waals surface area contributed by atoms with Crippen LogP contribution in [0.4, 0.5) is 4.39 Å². The summed E-state index contributed by atoms with van der Waals surface area (Å²) >= 11 is 5.83. The van der Waals surface area contributed by atoms with E-state index in [1.807, 2.05) is 0 Å². The van der Waals surface area contributed by atoms with Gasteiger partial charge in [0.05, 0.1) is 23.0 Å². The van der Waals surface area contributed by atoms with Crippen LogP contribution < -0.4 is 10.6 Å². The number of nitrogens with one attached hydrogen (secondary N) is 2. The van der Waals surface area contributed by atoms with Crippen LogP contribution in [-0.2, 0) is 4.74 Å². The van der Waals surface area contributed by atoms with Gasteiger partial charge in [0.2, 0.25) is 0 Å². The highest BCUT2D eigenvalue weighted by Gasteiger charge is 2.33. The predicted molar refractivity (Wildman–Crippen MR) is 107 cm³/mol. The summed E-state index contributed by atoms with van der Waals surface area (Å²) in [6.45, 7) is 4.64. The average Bonchev–Trinajstić information content (AvgIpc) is 3.05. The monoisotopic (exact) mass is 431 g/mol. The first-order valence-corrected chi connectivity index (χ1v) is 9.19. The molecule has 1 aromatic carbocycles. The van der Waals surface area contributed by atoms with E-state index in [0.717, 1.165) is 25.9 Å². The van der Waals surface area contributed by atoms with E-state index in [9.17, 15) is 9.18 Å². The van der Waals surface area contributed by atoms with Gasteiger partial charge >= 0.3 is 0 Å². The maximum absolute atomic E-state index is 13.4. The number of piperidine rings is 1. The second-order valence-corrected chi connectivity index (χ2v) is 7.31. The number of hydrogen-bond acceptors (Lipinski definition) is 5. The number of ether oxygens (including phenoxy) is 1. The standard InChI is InChI=1S/C18H23ClFN5O2.ClH/c1-12-16(23-24-25(12)13-3-4-15(20)14(19)9-13)17(26)22-10-18(11-27-2)5-7-21-8-6-18;/h3-4,9,21H,5-8,10-11H2,1-2H3,(H,22,26);1H. The Hall–Kier alpha value is -1.74. The Kier molecular flexibility index (Phi) is 7.77. The molecule has 1 aliphatic heterocycles. The number of carbonyl (C=O) groups excluding carboxylic acids is 1. The van der Waals surface area contributed by atoms with Crippen molar-refractivity contribution in [3.63, 3.8) is 0 Å². The smallest absolute Gasteiger partial charge is 0.273 e. The van der Waals surface area contributed by atoms with Crippen LogP contribution in [0.5, 0.6) is 0 Å². The Morgan fingerprint density at radius 3 is 2.79 bits per heavy atom. The molecule has 3 rings (SSSR count). The van der Waals surface area contributed by atoms with Crippen LogP contribution in [0, 0.1) is 18.2 Å². The molecule has 1 saturated heterocycles. The average molecular weight is 432 g/mol. The molecule has 0 aliphatic carbocycles. The molecule has 1 amide bonds.